The SMILES string of the molecule is COC(=O)[C@@H](N)CCC(N)C(=N)N[N+](=O)[O-]. The summed E-state index contributed by atoms with van der Waals surface area (Å²) in [5.74, 6) is -1.01. The molecule has 0 spiro atoms. The van der Waals surface area contributed by atoms with Crippen molar-refractivity contribution in [1.29, 1.82) is 5.41 Å². The molecule has 0 rings (SSSR count). The Hall–Kier alpha value is -1.74. The van der Waals surface area contributed by atoms with Crippen LogP contribution in [0.3, 0.4) is 0 Å². The van der Waals surface area contributed by atoms with Crippen molar-refractivity contribution in [2.45, 2.75) is 24.9 Å². The van der Waals surface area contributed by atoms with Gasteiger partial charge in [0.2, 0.25) is 0 Å². The maximum Gasteiger partial charge on any atom is 0.322 e. The first-order valence-corrected chi connectivity index (χ1v) is 4.47. The minimum Gasteiger partial charge on any atom is -0.468 e. The molecule has 0 aromatic rings. The normalized spacial score (nSPS) is 13.7. The van der Waals surface area contributed by atoms with Crippen LogP contribution < -0.4 is 16.9 Å². The van der Waals surface area contributed by atoms with E-state index in [1.165, 1.54) is 7.11 Å². The summed E-state index contributed by atoms with van der Waals surface area (Å²) >= 11 is 0. The fraction of sp³-hybridized carbons (Fsp3) is 0.714. The molecule has 0 aromatic carbocycles. The molecule has 9 nitrogen and oxygen atoms in total. The Labute approximate surface area is 91.7 Å². The molecular formula is C7H15N5O4. The van der Waals surface area contributed by atoms with Gasteiger partial charge in [-0.15, -0.1) is 0 Å². The Morgan fingerprint density at radius 2 is 2.00 bits per heavy atom. The van der Waals surface area contributed by atoms with Gasteiger partial charge in [0.15, 0.2) is 10.9 Å². The number of nitrogens with one attached hydrogen (secondary N) is 2. The van der Waals surface area contributed by atoms with Crippen LogP contribution in [0.2, 0.25) is 0 Å². The standard InChI is InChI=1S/C7H15N5O4/c1-16-7(13)5(9)3-2-4(8)6(10)11-12(14)15/h4-5H,2-3,8-9H2,1H3,(H2,10,11)/t4?,5-/m0/s1. The third kappa shape index (κ3) is 5.22. The third-order valence-corrected chi connectivity index (χ3v) is 1.88. The first kappa shape index (κ1) is 14.3. The molecule has 0 aliphatic carbocycles. The predicted molar refractivity (Wildman–Crippen MR) is 55.1 cm³/mol. The zero-order valence-electron chi connectivity index (χ0n) is 8.80. The number of hydrogen-bond acceptors (Lipinski definition) is 7. The van der Waals surface area contributed by atoms with E-state index in [2.05, 4.69) is 4.74 Å². The van der Waals surface area contributed by atoms with E-state index in [0.29, 0.717) is 0 Å². The molecule has 0 aromatic heterocycles. The lowest BCUT2D eigenvalue weighted by Gasteiger charge is -2.13. The molecule has 0 amide bonds. The summed E-state index contributed by atoms with van der Waals surface area (Å²) in [5.41, 5.74) is 12.5. The van der Waals surface area contributed by atoms with E-state index in [1.807, 2.05) is 0 Å². The molecule has 0 aliphatic rings. The van der Waals surface area contributed by atoms with Gasteiger partial charge in [-0.2, -0.15) is 0 Å². The number of hydrogen-bond donors (Lipinski definition) is 4. The fourth-order valence-corrected chi connectivity index (χ4v) is 0.954. The van der Waals surface area contributed by atoms with Crippen LogP contribution in [0.4, 0.5) is 0 Å². The van der Waals surface area contributed by atoms with Gasteiger partial charge in [-0.25, -0.2) is 10.1 Å². The fourth-order valence-electron chi connectivity index (χ4n) is 0.954. The monoisotopic (exact) mass is 233 g/mol. The van der Waals surface area contributed by atoms with E-state index in [9.17, 15) is 14.9 Å². The molecule has 0 saturated heterocycles. The molecule has 0 aliphatic heterocycles. The van der Waals surface area contributed by atoms with Crippen molar-refractivity contribution in [1.82, 2.24) is 5.43 Å². The minimum absolute atomic E-state index is 0.177. The molecule has 6 N–H and O–H groups in total. The molecule has 0 saturated carbocycles. The number of carbonyl (C=O) groups is 1. The summed E-state index contributed by atoms with van der Waals surface area (Å²) in [5, 5.41) is 16.3. The number of ether oxygens (including phenoxy) is 1. The Morgan fingerprint density at radius 3 is 2.44 bits per heavy atom. The number of hydrazine groups is 1. The number of methoxy groups -OCH3 is 1. The average molecular weight is 233 g/mol. The van der Waals surface area contributed by atoms with Gasteiger partial charge in [0.05, 0.1) is 13.2 Å². The highest BCUT2D eigenvalue weighted by atomic mass is 16.7. The van der Waals surface area contributed by atoms with Crippen LogP contribution in [0, 0.1) is 15.5 Å². The van der Waals surface area contributed by atoms with Crippen molar-refractivity contribution in [3.8, 4) is 0 Å². The van der Waals surface area contributed by atoms with Gasteiger partial charge in [0, 0.05) is 0 Å². The molecule has 2 atom stereocenters. The highest BCUT2D eigenvalue weighted by molar-refractivity contribution is 5.83. The lowest BCUT2D eigenvalue weighted by Crippen LogP contribution is -2.44. The van der Waals surface area contributed by atoms with Crippen molar-refractivity contribution >= 4 is 11.8 Å². The summed E-state index contributed by atoms with van der Waals surface area (Å²) in [6.07, 6.45) is 0.367. The van der Waals surface area contributed by atoms with Gasteiger partial charge in [-0.3, -0.25) is 10.2 Å². The number of nitro groups is 1. The lowest BCUT2D eigenvalue weighted by molar-refractivity contribution is -0.525. The van der Waals surface area contributed by atoms with E-state index >= 15 is 0 Å². The number of carbonyl (C=O) groups excluding carboxylic acids is 1. The molecule has 0 heterocycles. The van der Waals surface area contributed by atoms with E-state index < -0.39 is 28.9 Å². The molecule has 1 unspecified atom stereocenters. The maximum absolute atomic E-state index is 10.9. The second-order valence-corrected chi connectivity index (χ2v) is 3.10. The van der Waals surface area contributed by atoms with Crippen LogP contribution in [0.15, 0.2) is 0 Å². The number of nitrogens with zero attached hydrogens (tertiary/aromatic N) is 1. The second-order valence-electron chi connectivity index (χ2n) is 3.10. The Bertz CT molecular complexity index is 282. The van der Waals surface area contributed by atoms with E-state index in [0.717, 1.165) is 0 Å². The Kier molecular flexibility index (Phi) is 5.96. The first-order valence-electron chi connectivity index (χ1n) is 4.47. The smallest absolute Gasteiger partial charge is 0.322 e. The molecular weight excluding hydrogens is 218 g/mol. The zero-order valence-corrected chi connectivity index (χ0v) is 8.80. The predicted octanol–water partition coefficient (Wildman–Crippen LogP) is -1.65. The van der Waals surface area contributed by atoms with E-state index in [4.69, 9.17) is 16.9 Å². The van der Waals surface area contributed by atoms with Gasteiger partial charge in [-0.05, 0) is 12.8 Å². The summed E-state index contributed by atoms with van der Waals surface area (Å²) in [7, 11) is 1.21. The van der Waals surface area contributed by atoms with E-state index in [1.54, 1.807) is 5.43 Å². The van der Waals surface area contributed by atoms with Gasteiger partial charge < -0.3 is 16.2 Å². The zero-order chi connectivity index (χ0) is 12.7. The van der Waals surface area contributed by atoms with Crippen LogP contribution in [-0.2, 0) is 9.53 Å². The largest absolute Gasteiger partial charge is 0.468 e. The quantitative estimate of drug-likeness (QED) is 0.141. The molecule has 16 heavy (non-hydrogen) atoms. The topological polar surface area (TPSA) is 157 Å². The van der Waals surface area contributed by atoms with Crippen LogP contribution in [0.1, 0.15) is 12.8 Å². The van der Waals surface area contributed by atoms with Crippen LogP contribution in [-0.4, -0.2) is 36.0 Å². The van der Waals surface area contributed by atoms with Gasteiger partial charge in [0.1, 0.15) is 6.04 Å². The summed E-state index contributed by atoms with van der Waals surface area (Å²) in [6.45, 7) is 0. The molecule has 92 valence electrons. The first-order chi connectivity index (χ1) is 7.38. The number of rotatable bonds is 6. The summed E-state index contributed by atoms with van der Waals surface area (Å²) in [6, 6.07) is -1.69. The molecule has 0 fully saturated rings. The summed E-state index contributed by atoms with van der Waals surface area (Å²) in [4.78, 5) is 20.9. The van der Waals surface area contributed by atoms with Crippen LogP contribution in [0.5, 0.6) is 0 Å². The lowest BCUT2D eigenvalue weighted by atomic mass is 10.1. The number of amidine groups is 1. The van der Waals surface area contributed by atoms with Crippen LogP contribution in [0.25, 0.3) is 0 Å². The van der Waals surface area contributed by atoms with Crippen molar-refractivity contribution < 1.29 is 14.6 Å². The van der Waals surface area contributed by atoms with Crippen molar-refractivity contribution in [3.63, 3.8) is 0 Å². The average Bonchev–Trinajstić information content (AvgIpc) is 2.23. The molecule has 9 heteroatoms. The van der Waals surface area contributed by atoms with Crippen molar-refractivity contribution in [2.24, 2.45) is 11.5 Å². The number of nitrogens with two attached hydrogens (primary N) is 2. The highest BCUT2D eigenvalue weighted by Crippen LogP contribution is 2.00. The number of esters is 1. The Morgan fingerprint density at radius 1 is 1.50 bits per heavy atom. The Balaban J connectivity index is 3.97. The molecule has 0 radical (unpaired) electrons. The third-order valence-electron chi connectivity index (χ3n) is 1.88. The van der Waals surface area contributed by atoms with Crippen molar-refractivity contribution in [2.75, 3.05) is 7.11 Å². The second kappa shape index (κ2) is 6.69. The van der Waals surface area contributed by atoms with Gasteiger partial charge in [0.25, 0.3) is 0 Å². The maximum atomic E-state index is 10.9. The van der Waals surface area contributed by atoms with Gasteiger partial charge in [-0.1, -0.05) is 5.43 Å². The summed E-state index contributed by atoms with van der Waals surface area (Å²) < 4.78 is 4.39. The molecule has 0 bridgehead atoms. The van der Waals surface area contributed by atoms with E-state index in [-0.39, 0.29) is 12.8 Å². The van der Waals surface area contributed by atoms with Gasteiger partial charge >= 0.3 is 5.97 Å². The van der Waals surface area contributed by atoms with Crippen molar-refractivity contribution in [3.05, 3.63) is 10.1 Å². The highest BCUT2D eigenvalue weighted by Gasteiger charge is 2.18. The van der Waals surface area contributed by atoms with Crippen LogP contribution >= 0.6 is 0 Å². The minimum atomic E-state index is -0.873.